The first-order valence-corrected chi connectivity index (χ1v) is 5.80. The second-order valence-corrected chi connectivity index (χ2v) is 4.77. The van der Waals surface area contributed by atoms with Gasteiger partial charge in [0.1, 0.15) is 6.54 Å². The van der Waals surface area contributed by atoms with Gasteiger partial charge in [-0.3, -0.25) is 4.79 Å². The maximum Gasteiger partial charge on any atom is 0.323 e. The summed E-state index contributed by atoms with van der Waals surface area (Å²) in [6.07, 6.45) is 1.91. The molecule has 0 bridgehead atoms. The molecule has 3 heteroatoms. The van der Waals surface area contributed by atoms with Gasteiger partial charge in [0.25, 0.3) is 0 Å². The maximum atomic E-state index is 10.8. The van der Waals surface area contributed by atoms with Crippen LogP contribution in [0, 0.1) is 6.92 Å². The average Bonchev–Trinajstić information content (AvgIpc) is 2.54. The monoisotopic (exact) mass is 231 g/mol. The molecule has 1 heterocycles. The van der Waals surface area contributed by atoms with Gasteiger partial charge in [-0.05, 0) is 36.1 Å². The van der Waals surface area contributed by atoms with E-state index >= 15 is 0 Å². The summed E-state index contributed by atoms with van der Waals surface area (Å²) in [6, 6.07) is 6.25. The number of carboxylic acids is 1. The molecule has 0 atom stereocenters. The first-order valence-electron chi connectivity index (χ1n) is 5.80. The highest BCUT2D eigenvalue weighted by atomic mass is 16.4. The van der Waals surface area contributed by atoms with E-state index in [1.807, 2.05) is 19.2 Å². The molecular formula is C14H17NO2. The van der Waals surface area contributed by atoms with E-state index in [-0.39, 0.29) is 6.54 Å². The van der Waals surface area contributed by atoms with Gasteiger partial charge >= 0.3 is 5.97 Å². The molecule has 2 rings (SSSR count). The Bertz CT molecular complexity index is 567. The quantitative estimate of drug-likeness (QED) is 0.881. The zero-order valence-corrected chi connectivity index (χ0v) is 10.4. The van der Waals surface area contributed by atoms with E-state index < -0.39 is 5.97 Å². The minimum Gasteiger partial charge on any atom is -0.480 e. The van der Waals surface area contributed by atoms with Crippen LogP contribution in [0.25, 0.3) is 10.9 Å². The van der Waals surface area contributed by atoms with Crippen molar-refractivity contribution in [3.63, 3.8) is 0 Å². The minimum atomic E-state index is -0.810. The molecule has 1 N–H and O–H groups in total. The molecule has 0 saturated heterocycles. The lowest BCUT2D eigenvalue weighted by molar-refractivity contribution is -0.137. The normalized spacial score (nSPS) is 11.3. The number of aromatic nitrogens is 1. The summed E-state index contributed by atoms with van der Waals surface area (Å²) in [7, 11) is 0. The van der Waals surface area contributed by atoms with Crippen LogP contribution in [0.4, 0.5) is 0 Å². The molecule has 0 spiro atoms. The van der Waals surface area contributed by atoms with Crippen molar-refractivity contribution in [1.29, 1.82) is 0 Å². The Morgan fingerprint density at radius 3 is 2.71 bits per heavy atom. The number of hydrogen-bond donors (Lipinski definition) is 1. The summed E-state index contributed by atoms with van der Waals surface area (Å²) in [5.74, 6) is -0.323. The van der Waals surface area contributed by atoms with E-state index in [0.29, 0.717) is 5.92 Å². The lowest BCUT2D eigenvalue weighted by atomic mass is 10.0. The van der Waals surface area contributed by atoms with Gasteiger partial charge in [0.05, 0.1) is 0 Å². The molecule has 0 unspecified atom stereocenters. The van der Waals surface area contributed by atoms with Gasteiger partial charge in [-0.15, -0.1) is 0 Å². The molecule has 0 fully saturated rings. The predicted octanol–water partition coefficient (Wildman–Crippen LogP) is 3.16. The number of aliphatic carboxylic acids is 1. The van der Waals surface area contributed by atoms with Gasteiger partial charge in [0.15, 0.2) is 0 Å². The van der Waals surface area contributed by atoms with Crippen molar-refractivity contribution in [2.24, 2.45) is 0 Å². The van der Waals surface area contributed by atoms with Crippen molar-refractivity contribution in [1.82, 2.24) is 4.57 Å². The Hall–Kier alpha value is -1.77. The van der Waals surface area contributed by atoms with Gasteiger partial charge in [0.2, 0.25) is 0 Å². The van der Waals surface area contributed by atoms with Crippen LogP contribution in [-0.4, -0.2) is 15.6 Å². The molecule has 3 nitrogen and oxygen atoms in total. The SMILES string of the molecule is Cc1cn(CC(=O)O)c2ccc(C(C)C)cc12. The number of benzene rings is 1. The molecule has 0 aliphatic heterocycles. The van der Waals surface area contributed by atoms with Crippen molar-refractivity contribution < 1.29 is 9.90 Å². The summed E-state index contributed by atoms with van der Waals surface area (Å²) >= 11 is 0. The Morgan fingerprint density at radius 2 is 2.12 bits per heavy atom. The number of carbonyl (C=O) groups is 1. The van der Waals surface area contributed by atoms with E-state index in [1.165, 1.54) is 5.56 Å². The number of hydrogen-bond acceptors (Lipinski definition) is 1. The standard InChI is InChI=1S/C14H17NO2/c1-9(2)11-4-5-13-12(6-11)10(3)7-15(13)8-14(16)17/h4-7,9H,8H2,1-3H3,(H,16,17). The molecule has 1 aromatic heterocycles. The first kappa shape index (κ1) is 11.7. The summed E-state index contributed by atoms with van der Waals surface area (Å²) < 4.78 is 1.79. The number of fused-ring (bicyclic) bond motifs is 1. The lowest BCUT2D eigenvalue weighted by Gasteiger charge is -2.06. The van der Waals surface area contributed by atoms with Gasteiger partial charge < -0.3 is 9.67 Å². The Kier molecular flexibility index (Phi) is 2.92. The van der Waals surface area contributed by atoms with Crippen LogP contribution in [0.5, 0.6) is 0 Å². The van der Waals surface area contributed by atoms with Crippen molar-refractivity contribution in [2.45, 2.75) is 33.2 Å². The summed E-state index contributed by atoms with van der Waals surface area (Å²) in [5.41, 5.74) is 3.41. The predicted molar refractivity (Wildman–Crippen MR) is 68.4 cm³/mol. The minimum absolute atomic E-state index is 0.0192. The van der Waals surface area contributed by atoms with Gasteiger partial charge in [-0.1, -0.05) is 19.9 Å². The van der Waals surface area contributed by atoms with Crippen molar-refractivity contribution in [2.75, 3.05) is 0 Å². The zero-order valence-electron chi connectivity index (χ0n) is 10.4. The summed E-state index contributed by atoms with van der Waals surface area (Å²) in [6.45, 7) is 6.35. The average molecular weight is 231 g/mol. The molecule has 0 aliphatic rings. The van der Waals surface area contributed by atoms with E-state index in [4.69, 9.17) is 5.11 Å². The van der Waals surface area contributed by atoms with Crippen molar-refractivity contribution in [3.05, 3.63) is 35.5 Å². The number of aryl methyl sites for hydroxylation is 1. The van der Waals surface area contributed by atoms with Crippen LogP contribution in [0.15, 0.2) is 24.4 Å². The van der Waals surface area contributed by atoms with Crippen LogP contribution >= 0.6 is 0 Å². The Morgan fingerprint density at radius 1 is 1.41 bits per heavy atom. The molecule has 90 valence electrons. The molecule has 1 aromatic carbocycles. The topological polar surface area (TPSA) is 42.2 Å². The highest BCUT2D eigenvalue weighted by Crippen LogP contribution is 2.25. The molecule has 2 aromatic rings. The van der Waals surface area contributed by atoms with E-state index in [2.05, 4.69) is 26.0 Å². The third kappa shape index (κ3) is 2.18. The zero-order chi connectivity index (χ0) is 12.6. The molecule has 0 saturated carbocycles. The van der Waals surface area contributed by atoms with Gasteiger partial charge in [-0.2, -0.15) is 0 Å². The third-order valence-electron chi connectivity index (χ3n) is 3.08. The molecule has 0 amide bonds. The second-order valence-electron chi connectivity index (χ2n) is 4.77. The molecular weight excluding hydrogens is 214 g/mol. The van der Waals surface area contributed by atoms with Gasteiger partial charge in [0, 0.05) is 17.1 Å². The first-order chi connectivity index (χ1) is 7.99. The van der Waals surface area contributed by atoms with Crippen molar-refractivity contribution >= 4 is 16.9 Å². The van der Waals surface area contributed by atoms with Crippen LogP contribution in [0.1, 0.15) is 30.9 Å². The van der Waals surface area contributed by atoms with E-state index in [0.717, 1.165) is 16.5 Å². The molecule has 17 heavy (non-hydrogen) atoms. The van der Waals surface area contributed by atoms with E-state index in [1.54, 1.807) is 4.57 Å². The summed E-state index contributed by atoms with van der Waals surface area (Å²) in [4.78, 5) is 10.8. The van der Waals surface area contributed by atoms with Crippen LogP contribution in [0.3, 0.4) is 0 Å². The van der Waals surface area contributed by atoms with Crippen LogP contribution in [0.2, 0.25) is 0 Å². The number of rotatable bonds is 3. The van der Waals surface area contributed by atoms with Gasteiger partial charge in [-0.25, -0.2) is 0 Å². The molecule has 0 aliphatic carbocycles. The fourth-order valence-corrected chi connectivity index (χ4v) is 2.13. The summed E-state index contributed by atoms with van der Waals surface area (Å²) in [5, 5.41) is 10.0. The van der Waals surface area contributed by atoms with Crippen LogP contribution < -0.4 is 0 Å². The maximum absolute atomic E-state index is 10.8. The van der Waals surface area contributed by atoms with Crippen molar-refractivity contribution in [3.8, 4) is 0 Å². The molecule has 0 radical (unpaired) electrons. The fraction of sp³-hybridized carbons (Fsp3) is 0.357. The number of nitrogens with zero attached hydrogens (tertiary/aromatic N) is 1. The highest BCUT2D eigenvalue weighted by molar-refractivity contribution is 5.85. The largest absolute Gasteiger partial charge is 0.480 e. The van der Waals surface area contributed by atoms with E-state index in [9.17, 15) is 4.79 Å². The number of carboxylic acid groups (broad SMARTS) is 1. The van der Waals surface area contributed by atoms with Crippen LogP contribution in [-0.2, 0) is 11.3 Å². The lowest BCUT2D eigenvalue weighted by Crippen LogP contribution is -2.07. The Balaban J connectivity index is 2.57. The Labute approximate surface area is 101 Å². The smallest absolute Gasteiger partial charge is 0.323 e. The second kappa shape index (κ2) is 4.24. The fourth-order valence-electron chi connectivity index (χ4n) is 2.13. The highest BCUT2D eigenvalue weighted by Gasteiger charge is 2.09. The third-order valence-corrected chi connectivity index (χ3v) is 3.08.